The van der Waals surface area contributed by atoms with Gasteiger partial charge >= 0.3 is 12.0 Å². The summed E-state index contributed by atoms with van der Waals surface area (Å²) >= 11 is 2.59. The molecule has 2 aromatic rings. The number of nitrogens with one attached hydrogen (secondary N) is 2. The van der Waals surface area contributed by atoms with Crippen LogP contribution in [-0.4, -0.2) is 34.6 Å². The molecule has 27 heavy (non-hydrogen) atoms. The van der Waals surface area contributed by atoms with E-state index < -0.39 is 12.0 Å². The summed E-state index contributed by atoms with van der Waals surface area (Å²) in [6, 6.07) is 6.69. The molecule has 10 heteroatoms. The van der Waals surface area contributed by atoms with Gasteiger partial charge in [-0.2, -0.15) is 0 Å². The smallest absolute Gasteiger partial charge is 0.338 e. The number of thioether (sulfide) groups is 1. The Morgan fingerprint density at radius 2 is 2.07 bits per heavy atom. The first kappa shape index (κ1) is 19.2. The normalized spacial score (nSPS) is 16.7. The Hall–Kier alpha value is -2.59. The number of aromatic nitrogens is 2. The standard InChI is InChI=1S/C17H19N5O3S2/c1-3-25-14(23)12-11(8-26-17-22-21-15(18)27-17)19-16(24)20-13(12)10-6-4-9(2)5-7-10/h4-7,13H,3,8H2,1-2H3,(H2,18,21)(H2,19,20,24)/t13-/m0/s1. The fourth-order valence-electron chi connectivity index (χ4n) is 2.60. The number of anilines is 1. The zero-order valence-electron chi connectivity index (χ0n) is 14.8. The van der Waals surface area contributed by atoms with Crippen LogP contribution < -0.4 is 16.4 Å². The van der Waals surface area contributed by atoms with Crippen LogP contribution >= 0.6 is 23.1 Å². The topological polar surface area (TPSA) is 119 Å². The van der Waals surface area contributed by atoms with Crippen LogP contribution in [0.1, 0.15) is 24.1 Å². The highest BCUT2D eigenvalue weighted by Gasteiger charge is 2.33. The molecule has 1 aromatic heterocycles. The van der Waals surface area contributed by atoms with Gasteiger partial charge in [-0.15, -0.1) is 10.2 Å². The Kier molecular flexibility index (Phi) is 5.97. The number of urea groups is 1. The number of aryl methyl sites for hydroxylation is 1. The number of benzene rings is 1. The third-order valence-electron chi connectivity index (χ3n) is 3.82. The van der Waals surface area contributed by atoms with Crippen LogP contribution in [-0.2, 0) is 9.53 Å². The zero-order valence-corrected chi connectivity index (χ0v) is 16.4. The van der Waals surface area contributed by atoms with E-state index in [2.05, 4.69) is 20.8 Å². The van der Waals surface area contributed by atoms with Gasteiger partial charge in [-0.05, 0) is 19.4 Å². The largest absolute Gasteiger partial charge is 0.463 e. The number of carbonyl (C=O) groups excluding carboxylic acids is 2. The van der Waals surface area contributed by atoms with Crippen molar-refractivity contribution in [3.05, 3.63) is 46.7 Å². The monoisotopic (exact) mass is 405 g/mol. The summed E-state index contributed by atoms with van der Waals surface area (Å²) in [5.74, 6) is -0.138. The number of amides is 2. The first-order valence-corrected chi connectivity index (χ1v) is 10.0. The van der Waals surface area contributed by atoms with Gasteiger partial charge in [-0.25, -0.2) is 9.59 Å². The molecule has 1 aliphatic heterocycles. The summed E-state index contributed by atoms with van der Waals surface area (Å²) in [4.78, 5) is 24.9. The molecule has 4 N–H and O–H groups in total. The second-order valence-electron chi connectivity index (χ2n) is 5.75. The molecular weight excluding hydrogens is 386 g/mol. The maximum atomic E-state index is 12.7. The number of hydrogen-bond donors (Lipinski definition) is 3. The summed E-state index contributed by atoms with van der Waals surface area (Å²) in [6.45, 7) is 3.96. The number of ether oxygens (including phenoxy) is 1. The molecule has 3 rings (SSSR count). The van der Waals surface area contributed by atoms with E-state index in [0.29, 0.717) is 26.5 Å². The lowest BCUT2D eigenvalue weighted by molar-refractivity contribution is -0.139. The van der Waals surface area contributed by atoms with Gasteiger partial charge in [0.2, 0.25) is 5.13 Å². The van der Waals surface area contributed by atoms with Crippen LogP contribution in [0.2, 0.25) is 0 Å². The van der Waals surface area contributed by atoms with E-state index in [1.807, 2.05) is 31.2 Å². The molecule has 1 aliphatic rings. The van der Waals surface area contributed by atoms with Crippen LogP contribution in [0.15, 0.2) is 39.9 Å². The molecule has 0 radical (unpaired) electrons. The molecule has 8 nitrogen and oxygen atoms in total. The Balaban J connectivity index is 1.96. The van der Waals surface area contributed by atoms with Crippen molar-refractivity contribution in [3.63, 3.8) is 0 Å². The van der Waals surface area contributed by atoms with Crippen molar-refractivity contribution in [1.82, 2.24) is 20.8 Å². The lowest BCUT2D eigenvalue weighted by atomic mass is 9.95. The Morgan fingerprint density at radius 3 is 2.70 bits per heavy atom. The summed E-state index contributed by atoms with van der Waals surface area (Å²) in [5.41, 5.74) is 8.36. The predicted octanol–water partition coefficient (Wildman–Crippen LogP) is 2.39. The number of nitrogen functional groups attached to an aromatic ring is 1. The van der Waals surface area contributed by atoms with Gasteiger partial charge < -0.3 is 21.1 Å². The predicted molar refractivity (Wildman–Crippen MR) is 104 cm³/mol. The van der Waals surface area contributed by atoms with Crippen molar-refractivity contribution in [3.8, 4) is 0 Å². The lowest BCUT2D eigenvalue weighted by Gasteiger charge is -2.29. The third-order valence-corrected chi connectivity index (χ3v) is 5.73. The molecule has 0 fully saturated rings. The maximum absolute atomic E-state index is 12.7. The molecule has 0 saturated heterocycles. The quantitative estimate of drug-likeness (QED) is 0.499. The Bertz CT molecular complexity index is 879. The van der Waals surface area contributed by atoms with E-state index in [4.69, 9.17) is 10.5 Å². The fourth-order valence-corrected chi connectivity index (χ4v) is 4.21. The minimum Gasteiger partial charge on any atom is -0.463 e. The number of esters is 1. The van der Waals surface area contributed by atoms with Crippen molar-refractivity contribution in [2.75, 3.05) is 18.1 Å². The number of carbonyl (C=O) groups is 2. The number of nitrogens with two attached hydrogens (primary N) is 1. The summed E-state index contributed by atoms with van der Waals surface area (Å²) < 4.78 is 5.89. The zero-order chi connectivity index (χ0) is 19.4. The second-order valence-corrected chi connectivity index (χ2v) is 7.98. The minimum absolute atomic E-state index is 0.240. The summed E-state index contributed by atoms with van der Waals surface area (Å²) in [7, 11) is 0. The van der Waals surface area contributed by atoms with E-state index in [-0.39, 0.29) is 12.6 Å². The van der Waals surface area contributed by atoms with Crippen molar-refractivity contribution < 1.29 is 14.3 Å². The maximum Gasteiger partial charge on any atom is 0.338 e. The Morgan fingerprint density at radius 1 is 1.33 bits per heavy atom. The molecule has 1 aromatic carbocycles. The van der Waals surface area contributed by atoms with Gasteiger partial charge in [-0.3, -0.25) is 0 Å². The SMILES string of the molecule is CCOC(=O)C1=C(CSc2nnc(N)s2)NC(=O)N[C@H]1c1ccc(C)cc1. The molecule has 2 heterocycles. The van der Waals surface area contributed by atoms with Gasteiger partial charge in [-0.1, -0.05) is 52.9 Å². The third kappa shape index (κ3) is 4.58. The summed E-state index contributed by atoms with van der Waals surface area (Å²) in [5, 5.41) is 13.6. The molecule has 0 saturated carbocycles. The van der Waals surface area contributed by atoms with E-state index in [1.54, 1.807) is 6.92 Å². The molecule has 2 amide bonds. The number of hydrogen-bond acceptors (Lipinski definition) is 8. The average Bonchev–Trinajstić information content (AvgIpc) is 3.05. The number of rotatable bonds is 6. The number of nitrogens with zero attached hydrogens (tertiary/aromatic N) is 2. The average molecular weight is 406 g/mol. The van der Waals surface area contributed by atoms with Crippen LogP contribution in [0.25, 0.3) is 0 Å². The van der Waals surface area contributed by atoms with Gasteiger partial charge in [0.1, 0.15) is 0 Å². The highest BCUT2D eigenvalue weighted by atomic mass is 32.2. The molecule has 142 valence electrons. The van der Waals surface area contributed by atoms with Gasteiger partial charge in [0.25, 0.3) is 0 Å². The van der Waals surface area contributed by atoms with E-state index >= 15 is 0 Å². The molecular formula is C17H19N5O3S2. The molecule has 0 bridgehead atoms. The van der Waals surface area contributed by atoms with Crippen LogP contribution in [0, 0.1) is 6.92 Å². The second kappa shape index (κ2) is 8.40. The first-order valence-electron chi connectivity index (χ1n) is 8.24. The van der Waals surface area contributed by atoms with Crippen LogP contribution in [0.3, 0.4) is 0 Å². The lowest BCUT2D eigenvalue weighted by Crippen LogP contribution is -2.46. The minimum atomic E-state index is -0.589. The van der Waals surface area contributed by atoms with Gasteiger partial charge in [0, 0.05) is 11.4 Å². The highest BCUT2D eigenvalue weighted by Crippen LogP contribution is 2.32. The molecule has 0 unspecified atom stereocenters. The van der Waals surface area contributed by atoms with Crippen molar-refractivity contribution in [2.45, 2.75) is 24.2 Å². The molecule has 0 spiro atoms. The van der Waals surface area contributed by atoms with Crippen LogP contribution in [0.5, 0.6) is 0 Å². The Labute approximate surface area is 164 Å². The molecule has 0 aliphatic carbocycles. The van der Waals surface area contributed by atoms with E-state index in [1.165, 1.54) is 23.1 Å². The van der Waals surface area contributed by atoms with Gasteiger partial charge in [0.05, 0.1) is 18.2 Å². The van der Waals surface area contributed by atoms with Gasteiger partial charge in [0.15, 0.2) is 4.34 Å². The van der Waals surface area contributed by atoms with Crippen molar-refractivity contribution >= 4 is 40.2 Å². The van der Waals surface area contributed by atoms with E-state index in [9.17, 15) is 9.59 Å². The molecule has 1 atom stereocenters. The first-order chi connectivity index (χ1) is 13.0. The fraction of sp³-hybridized carbons (Fsp3) is 0.294. The van der Waals surface area contributed by atoms with Crippen molar-refractivity contribution in [1.29, 1.82) is 0 Å². The van der Waals surface area contributed by atoms with Crippen molar-refractivity contribution in [2.24, 2.45) is 0 Å². The van der Waals surface area contributed by atoms with Crippen LogP contribution in [0.4, 0.5) is 9.93 Å². The van der Waals surface area contributed by atoms with E-state index in [0.717, 1.165) is 11.1 Å². The summed E-state index contributed by atoms with van der Waals surface area (Å²) in [6.07, 6.45) is 0. The highest BCUT2D eigenvalue weighted by molar-refractivity contribution is 8.01.